The minimum atomic E-state index is 0. The Kier molecular flexibility index (Phi) is 10.3. The van der Waals surface area contributed by atoms with Gasteiger partial charge in [-0.25, -0.2) is 0 Å². The summed E-state index contributed by atoms with van der Waals surface area (Å²) in [6.45, 7) is 8.50. The van der Waals surface area contributed by atoms with Crippen LogP contribution in [0.4, 0.5) is 0 Å². The molecule has 1 fully saturated rings. The molecule has 0 aromatic heterocycles. The molecule has 5 heteroatoms. The zero-order valence-corrected chi connectivity index (χ0v) is 17.3. The first-order valence-corrected chi connectivity index (χ1v) is 8.96. The maximum absolute atomic E-state index is 5.36. The summed E-state index contributed by atoms with van der Waals surface area (Å²) in [7, 11) is 0. The Bertz CT molecular complexity index is 475. The Labute approximate surface area is 163 Å². The zero-order valence-electron chi connectivity index (χ0n) is 15.0. The van der Waals surface area contributed by atoms with Gasteiger partial charge in [-0.2, -0.15) is 0 Å². The lowest BCUT2D eigenvalue weighted by atomic mass is 9.96. The Morgan fingerprint density at radius 2 is 1.88 bits per heavy atom. The molecule has 1 aromatic rings. The third kappa shape index (κ3) is 6.97. The van der Waals surface area contributed by atoms with Crippen molar-refractivity contribution >= 4 is 29.9 Å². The molecule has 24 heavy (non-hydrogen) atoms. The first-order chi connectivity index (χ1) is 11.3. The lowest BCUT2D eigenvalue weighted by Crippen LogP contribution is -2.38. The van der Waals surface area contributed by atoms with Gasteiger partial charge in [0.25, 0.3) is 0 Å². The molecule has 0 unspecified atom stereocenters. The summed E-state index contributed by atoms with van der Waals surface area (Å²) in [5.41, 5.74) is 1.70. The molecule has 0 aliphatic heterocycles. The van der Waals surface area contributed by atoms with Crippen LogP contribution in [0.25, 0.3) is 0 Å². The molecule has 2 rings (SSSR count). The molecule has 0 atom stereocenters. The van der Waals surface area contributed by atoms with E-state index < -0.39 is 0 Å². The topological polar surface area (TPSA) is 45.7 Å². The van der Waals surface area contributed by atoms with E-state index in [-0.39, 0.29) is 29.4 Å². The van der Waals surface area contributed by atoms with Crippen LogP contribution in [0.1, 0.15) is 45.1 Å². The van der Waals surface area contributed by atoms with E-state index in [0.29, 0.717) is 0 Å². The molecular weight excluding hydrogens is 413 g/mol. The molecule has 1 saturated carbocycles. The first kappa shape index (κ1) is 21.2. The predicted molar refractivity (Wildman–Crippen MR) is 112 cm³/mol. The molecule has 0 heterocycles. The van der Waals surface area contributed by atoms with Gasteiger partial charge >= 0.3 is 0 Å². The number of hydrogen-bond donors (Lipinski definition) is 2. The molecule has 0 bridgehead atoms. The molecule has 136 valence electrons. The molecule has 4 nitrogen and oxygen atoms in total. The zero-order chi connectivity index (χ0) is 16.4. The van der Waals surface area contributed by atoms with E-state index >= 15 is 0 Å². The molecule has 2 N–H and O–H groups in total. The second-order valence-electron chi connectivity index (χ2n) is 6.17. The molecule has 1 aliphatic carbocycles. The van der Waals surface area contributed by atoms with E-state index in [1.54, 1.807) is 0 Å². The third-order valence-electron chi connectivity index (χ3n) is 4.34. The van der Waals surface area contributed by atoms with E-state index in [1.807, 2.05) is 6.92 Å². The fourth-order valence-corrected chi connectivity index (χ4v) is 2.73. The van der Waals surface area contributed by atoms with Crippen LogP contribution in [0.15, 0.2) is 35.3 Å². The number of halogens is 1. The molecule has 1 aromatic carbocycles. The Balaban J connectivity index is 0.00000288. The van der Waals surface area contributed by atoms with Crippen LogP contribution in [0.3, 0.4) is 0 Å². The summed E-state index contributed by atoms with van der Waals surface area (Å²) < 4.78 is 5.36. The second kappa shape index (κ2) is 11.7. The standard InChI is InChI=1S/C19H31N3O.HI/c1-3-20-18(21-14-8-9-15-23-4-2)22-16-19(12-13-19)17-10-6-5-7-11-17;/h5-7,10-11H,3-4,8-9,12-16H2,1-2H3,(H2,20,21,22);1H. The highest BCUT2D eigenvalue weighted by molar-refractivity contribution is 14.0. The Morgan fingerprint density at radius 1 is 1.12 bits per heavy atom. The van der Waals surface area contributed by atoms with E-state index in [4.69, 9.17) is 9.73 Å². The molecule has 1 aliphatic rings. The van der Waals surface area contributed by atoms with Crippen molar-refractivity contribution in [3.8, 4) is 0 Å². The molecular formula is C19H32IN3O. The second-order valence-corrected chi connectivity index (χ2v) is 6.17. The van der Waals surface area contributed by atoms with Gasteiger partial charge in [0.1, 0.15) is 0 Å². The summed E-state index contributed by atoms with van der Waals surface area (Å²) in [4.78, 5) is 4.82. The van der Waals surface area contributed by atoms with Gasteiger partial charge in [0.05, 0.1) is 6.54 Å². The quantitative estimate of drug-likeness (QED) is 0.250. The van der Waals surface area contributed by atoms with Crippen LogP contribution in [0.5, 0.6) is 0 Å². The SMILES string of the molecule is CCNC(=NCC1(c2ccccc2)CC1)NCCCCOCC.I. The lowest BCUT2D eigenvalue weighted by Gasteiger charge is -2.16. The van der Waals surface area contributed by atoms with Gasteiger partial charge in [-0.3, -0.25) is 4.99 Å². The average molecular weight is 445 g/mol. The number of benzene rings is 1. The maximum Gasteiger partial charge on any atom is 0.191 e. The highest BCUT2D eigenvalue weighted by Crippen LogP contribution is 2.48. The van der Waals surface area contributed by atoms with Crippen LogP contribution in [-0.4, -0.2) is 38.8 Å². The molecule has 0 saturated heterocycles. The van der Waals surface area contributed by atoms with Gasteiger partial charge in [-0.1, -0.05) is 30.3 Å². The van der Waals surface area contributed by atoms with E-state index in [9.17, 15) is 0 Å². The summed E-state index contributed by atoms with van der Waals surface area (Å²) in [6.07, 6.45) is 4.69. The normalized spacial score (nSPS) is 15.5. The maximum atomic E-state index is 5.36. The van der Waals surface area contributed by atoms with Crippen LogP contribution in [0.2, 0.25) is 0 Å². The van der Waals surface area contributed by atoms with Gasteiger partial charge in [-0.05, 0) is 45.1 Å². The van der Waals surface area contributed by atoms with Crippen molar-refractivity contribution in [1.82, 2.24) is 10.6 Å². The fraction of sp³-hybridized carbons (Fsp3) is 0.632. The number of rotatable bonds is 10. The van der Waals surface area contributed by atoms with Gasteiger partial charge in [0.2, 0.25) is 0 Å². The summed E-state index contributed by atoms with van der Waals surface area (Å²) in [5.74, 6) is 0.936. The highest BCUT2D eigenvalue weighted by Gasteiger charge is 2.43. The highest BCUT2D eigenvalue weighted by atomic mass is 127. The molecule has 0 radical (unpaired) electrons. The number of nitrogens with zero attached hydrogens (tertiary/aromatic N) is 1. The number of aliphatic imine (C=N–C) groups is 1. The summed E-state index contributed by atoms with van der Waals surface area (Å²) in [5, 5.41) is 6.78. The first-order valence-electron chi connectivity index (χ1n) is 8.96. The minimum absolute atomic E-state index is 0. The average Bonchev–Trinajstić information content (AvgIpc) is 3.38. The van der Waals surface area contributed by atoms with Crippen LogP contribution >= 0.6 is 24.0 Å². The number of ether oxygens (including phenoxy) is 1. The van der Waals surface area contributed by atoms with E-state index in [2.05, 4.69) is 47.9 Å². The van der Waals surface area contributed by atoms with Crippen LogP contribution in [0, 0.1) is 0 Å². The summed E-state index contributed by atoms with van der Waals surface area (Å²) in [6, 6.07) is 10.8. The van der Waals surface area contributed by atoms with E-state index in [0.717, 1.165) is 51.6 Å². The van der Waals surface area contributed by atoms with Crippen molar-refractivity contribution in [2.24, 2.45) is 4.99 Å². The van der Waals surface area contributed by atoms with Crippen molar-refractivity contribution in [3.63, 3.8) is 0 Å². The van der Waals surface area contributed by atoms with Crippen LogP contribution < -0.4 is 10.6 Å². The molecule has 0 amide bonds. The Morgan fingerprint density at radius 3 is 2.50 bits per heavy atom. The predicted octanol–water partition coefficient (Wildman–Crippen LogP) is 3.71. The number of nitrogens with one attached hydrogen (secondary N) is 2. The third-order valence-corrected chi connectivity index (χ3v) is 4.34. The van der Waals surface area contributed by atoms with Gasteiger partial charge in [0, 0.05) is 31.7 Å². The van der Waals surface area contributed by atoms with E-state index in [1.165, 1.54) is 18.4 Å². The van der Waals surface area contributed by atoms with Crippen molar-refractivity contribution in [2.45, 2.75) is 44.9 Å². The summed E-state index contributed by atoms with van der Waals surface area (Å²) >= 11 is 0. The van der Waals surface area contributed by atoms with Crippen molar-refractivity contribution in [2.75, 3.05) is 32.8 Å². The van der Waals surface area contributed by atoms with Crippen LogP contribution in [-0.2, 0) is 10.2 Å². The lowest BCUT2D eigenvalue weighted by molar-refractivity contribution is 0.143. The minimum Gasteiger partial charge on any atom is -0.382 e. The number of hydrogen-bond acceptors (Lipinski definition) is 2. The largest absolute Gasteiger partial charge is 0.382 e. The van der Waals surface area contributed by atoms with Crippen molar-refractivity contribution < 1.29 is 4.74 Å². The fourth-order valence-electron chi connectivity index (χ4n) is 2.73. The smallest absolute Gasteiger partial charge is 0.191 e. The van der Waals surface area contributed by atoms with Gasteiger partial charge in [-0.15, -0.1) is 24.0 Å². The van der Waals surface area contributed by atoms with Crippen molar-refractivity contribution in [1.29, 1.82) is 0 Å². The molecule has 0 spiro atoms. The Hall–Kier alpha value is -0.820. The van der Waals surface area contributed by atoms with Crippen molar-refractivity contribution in [3.05, 3.63) is 35.9 Å². The number of guanidine groups is 1. The van der Waals surface area contributed by atoms with Gasteiger partial charge in [0.15, 0.2) is 5.96 Å². The van der Waals surface area contributed by atoms with Gasteiger partial charge < -0.3 is 15.4 Å². The number of unbranched alkanes of at least 4 members (excludes halogenated alkanes) is 1. The monoisotopic (exact) mass is 445 g/mol.